The second-order valence-corrected chi connectivity index (χ2v) is 7.95. The van der Waals surface area contributed by atoms with Crippen molar-refractivity contribution in [3.63, 3.8) is 0 Å². The predicted molar refractivity (Wildman–Crippen MR) is 120 cm³/mol. The van der Waals surface area contributed by atoms with Gasteiger partial charge in [-0.25, -0.2) is 18.2 Å². The summed E-state index contributed by atoms with van der Waals surface area (Å²) in [5.74, 6) is -3.21. The van der Waals surface area contributed by atoms with Gasteiger partial charge in [0.2, 0.25) is 5.91 Å². The first-order valence-electron chi connectivity index (χ1n) is 10.7. The Balaban J connectivity index is 1.46. The average Bonchev–Trinajstić information content (AvgIpc) is 3.24. The van der Waals surface area contributed by atoms with Gasteiger partial charge in [0, 0.05) is 38.0 Å². The summed E-state index contributed by atoms with van der Waals surface area (Å²) in [5.41, 5.74) is 2.82. The molecule has 0 bridgehead atoms. The molecule has 1 aliphatic rings. The SMILES string of the molecule is CC[C@@H]1C(=O)N(CC)c2cnc(NCc3cnn(Cc4cc(F)c(F)c(F)c4)c3)cc2N1C. The van der Waals surface area contributed by atoms with Crippen LogP contribution < -0.4 is 15.1 Å². The fourth-order valence-corrected chi connectivity index (χ4v) is 4.09. The normalized spacial score (nSPS) is 15.7. The number of nitrogens with one attached hydrogen (secondary N) is 1. The molecule has 1 N–H and O–H groups in total. The first kappa shape index (κ1) is 22.6. The molecule has 1 aliphatic heterocycles. The molecule has 7 nitrogen and oxygen atoms in total. The number of benzene rings is 1. The van der Waals surface area contributed by atoms with E-state index in [1.165, 1.54) is 4.68 Å². The third-order valence-electron chi connectivity index (χ3n) is 5.80. The van der Waals surface area contributed by atoms with E-state index in [4.69, 9.17) is 0 Å². The van der Waals surface area contributed by atoms with Gasteiger partial charge in [-0.2, -0.15) is 5.10 Å². The number of anilines is 3. The minimum absolute atomic E-state index is 0.0749. The molecule has 1 atom stereocenters. The van der Waals surface area contributed by atoms with Crippen LogP contribution in [0.1, 0.15) is 31.4 Å². The highest BCUT2D eigenvalue weighted by atomic mass is 19.2. The van der Waals surface area contributed by atoms with Crippen molar-refractivity contribution in [1.29, 1.82) is 0 Å². The summed E-state index contributed by atoms with van der Waals surface area (Å²) in [5, 5.41) is 7.45. The zero-order valence-electron chi connectivity index (χ0n) is 18.6. The summed E-state index contributed by atoms with van der Waals surface area (Å²) >= 11 is 0. The van der Waals surface area contributed by atoms with E-state index in [1.54, 1.807) is 23.5 Å². The summed E-state index contributed by atoms with van der Waals surface area (Å²) in [7, 11) is 1.91. The molecule has 2 aromatic heterocycles. The van der Waals surface area contributed by atoms with E-state index < -0.39 is 17.5 Å². The molecular weight excluding hydrogens is 433 g/mol. The molecule has 0 unspecified atom stereocenters. The van der Waals surface area contributed by atoms with Crippen LogP contribution in [-0.2, 0) is 17.9 Å². The summed E-state index contributed by atoms with van der Waals surface area (Å²) in [6.45, 7) is 5.04. The van der Waals surface area contributed by atoms with Crippen LogP contribution in [0.25, 0.3) is 0 Å². The van der Waals surface area contributed by atoms with Gasteiger partial charge in [-0.3, -0.25) is 9.48 Å². The van der Waals surface area contributed by atoms with E-state index in [9.17, 15) is 18.0 Å². The molecule has 4 rings (SSSR count). The van der Waals surface area contributed by atoms with Crippen LogP contribution in [-0.4, -0.2) is 40.3 Å². The molecular formula is C23H25F3N6O. The van der Waals surface area contributed by atoms with Gasteiger partial charge < -0.3 is 15.1 Å². The predicted octanol–water partition coefficient (Wildman–Crippen LogP) is 3.94. The van der Waals surface area contributed by atoms with E-state index in [1.807, 2.05) is 31.9 Å². The summed E-state index contributed by atoms with van der Waals surface area (Å²) in [4.78, 5) is 20.9. The van der Waals surface area contributed by atoms with Gasteiger partial charge in [-0.05, 0) is 31.0 Å². The Morgan fingerprint density at radius 1 is 1.03 bits per heavy atom. The number of carbonyl (C=O) groups is 1. The topological polar surface area (TPSA) is 66.3 Å². The fourth-order valence-electron chi connectivity index (χ4n) is 4.09. The van der Waals surface area contributed by atoms with E-state index in [-0.39, 0.29) is 24.1 Å². The molecule has 0 saturated heterocycles. The van der Waals surface area contributed by atoms with Crippen LogP contribution in [0.4, 0.5) is 30.4 Å². The number of carbonyl (C=O) groups excluding carboxylic acids is 1. The summed E-state index contributed by atoms with van der Waals surface area (Å²) < 4.78 is 41.5. The third kappa shape index (κ3) is 4.37. The Morgan fingerprint density at radius 3 is 2.42 bits per heavy atom. The molecule has 3 heterocycles. The van der Waals surface area contributed by atoms with Crippen LogP contribution in [0.3, 0.4) is 0 Å². The number of amides is 1. The molecule has 3 aromatic rings. The highest BCUT2D eigenvalue weighted by Gasteiger charge is 2.34. The number of likely N-dealkylation sites (N-methyl/N-ethyl adjacent to an activating group) is 2. The molecule has 0 spiro atoms. The third-order valence-corrected chi connectivity index (χ3v) is 5.80. The van der Waals surface area contributed by atoms with E-state index in [2.05, 4.69) is 15.4 Å². The number of rotatable bonds is 7. The second kappa shape index (κ2) is 9.13. The van der Waals surface area contributed by atoms with Crippen molar-refractivity contribution in [2.75, 3.05) is 28.7 Å². The van der Waals surface area contributed by atoms with E-state index in [0.29, 0.717) is 25.3 Å². The zero-order chi connectivity index (χ0) is 23.7. The molecule has 1 aromatic carbocycles. The molecule has 0 saturated carbocycles. The Kier molecular flexibility index (Phi) is 6.26. The summed E-state index contributed by atoms with van der Waals surface area (Å²) in [6, 6.07) is 3.62. The second-order valence-electron chi connectivity index (χ2n) is 7.95. The lowest BCUT2D eigenvalue weighted by Crippen LogP contribution is -2.51. The quantitative estimate of drug-likeness (QED) is 0.544. The Hall–Kier alpha value is -3.56. The van der Waals surface area contributed by atoms with E-state index >= 15 is 0 Å². The van der Waals surface area contributed by atoms with Crippen LogP contribution in [0.2, 0.25) is 0 Å². The smallest absolute Gasteiger partial charge is 0.249 e. The lowest BCUT2D eigenvalue weighted by molar-refractivity contribution is -0.120. The van der Waals surface area contributed by atoms with Crippen molar-refractivity contribution in [3.05, 3.63) is 65.4 Å². The number of pyridine rings is 1. The molecule has 174 valence electrons. The first-order chi connectivity index (χ1) is 15.8. The maximum Gasteiger partial charge on any atom is 0.249 e. The van der Waals surface area contributed by atoms with Crippen LogP contribution >= 0.6 is 0 Å². The Morgan fingerprint density at radius 2 is 1.76 bits per heavy atom. The lowest BCUT2D eigenvalue weighted by atomic mass is 10.1. The van der Waals surface area contributed by atoms with Crippen molar-refractivity contribution in [2.24, 2.45) is 0 Å². The maximum atomic E-state index is 13.4. The van der Waals surface area contributed by atoms with Gasteiger partial charge in [0.25, 0.3) is 0 Å². The molecule has 0 fully saturated rings. The van der Waals surface area contributed by atoms with Crippen LogP contribution in [0.15, 0.2) is 36.8 Å². The minimum Gasteiger partial charge on any atom is -0.366 e. The van der Waals surface area contributed by atoms with Gasteiger partial charge in [0.15, 0.2) is 17.5 Å². The standard InChI is InChI=1S/C23H25F3N6O/c1-4-18-23(33)32(5-2)20-11-28-21(8-19(20)30(18)3)27-9-15-10-29-31(13-15)12-14-6-16(24)22(26)17(25)7-14/h6-8,10-11,13,18H,4-5,9,12H2,1-3H3,(H,27,28)/t18-/m1/s1. The number of halogens is 3. The van der Waals surface area contributed by atoms with Crippen molar-refractivity contribution in [2.45, 2.75) is 39.4 Å². The monoisotopic (exact) mass is 458 g/mol. The Labute approximate surface area is 189 Å². The molecule has 0 radical (unpaired) electrons. The minimum atomic E-state index is -1.48. The fraction of sp³-hybridized carbons (Fsp3) is 0.348. The summed E-state index contributed by atoms with van der Waals surface area (Å²) in [6.07, 6.45) is 5.78. The molecule has 0 aliphatic carbocycles. The number of aromatic nitrogens is 3. The van der Waals surface area contributed by atoms with Gasteiger partial charge in [-0.1, -0.05) is 6.92 Å². The number of hydrogen-bond donors (Lipinski definition) is 1. The van der Waals surface area contributed by atoms with Gasteiger partial charge in [0.1, 0.15) is 11.9 Å². The largest absolute Gasteiger partial charge is 0.366 e. The van der Waals surface area contributed by atoms with Crippen molar-refractivity contribution < 1.29 is 18.0 Å². The zero-order valence-corrected chi connectivity index (χ0v) is 18.6. The number of fused-ring (bicyclic) bond motifs is 1. The average molecular weight is 458 g/mol. The first-order valence-corrected chi connectivity index (χ1v) is 10.7. The van der Waals surface area contributed by atoms with Crippen molar-refractivity contribution in [3.8, 4) is 0 Å². The maximum absolute atomic E-state index is 13.4. The molecule has 10 heteroatoms. The highest BCUT2D eigenvalue weighted by Crippen LogP contribution is 2.36. The highest BCUT2D eigenvalue weighted by molar-refractivity contribution is 6.05. The lowest BCUT2D eigenvalue weighted by Gasteiger charge is -2.40. The molecule has 1 amide bonds. The van der Waals surface area contributed by atoms with Gasteiger partial charge in [0.05, 0.1) is 30.3 Å². The van der Waals surface area contributed by atoms with Gasteiger partial charge >= 0.3 is 0 Å². The van der Waals surface area contributed by atoms with Crippen LogP contribution in [0.5, 0.6) is 0 Å². The molecule has 33 heavy (non-hydrogen) atoms. The van der Waals surface area contributed by atoms with Crippen LogP contribution in [0, 0.1) is 17.5 Å². The Bertz CT molecular complexity index is 1160. The number of nitrogens with zero attached hydrogens (tertiary/aromatic N) is 5. The van der Waals surface area contributed by atoms with Crippen molar-refractivity contribution in [1.82, 2.24) is 14.8 Å². The van der Waals surface area contributed by atoms with E-state index in [0.717, 1.165) is 29.1 Å². The van der Waals surface area contributed by atoms with Gasteiger partial charge in [-0.15, -0.1) is 0 Å². The number of hydrogen-bond acceptors (Lipinski definition) is 5. The van der Waals surface area contributed by atoms with Crippen molar-refractivity contribution >= 4 is 23.1 Å².